The van der Waals surface area contributed by atoms with Crippen molar-refractivity contribution in [3.63, 3.8) is 0 Å². The summed E-state index contributed by atoms with van der Waals surface area (Å²) in [4.78, 5) is 26.2. The number of nitrogens with one attached hydrogen (secondary N) is 1. The third-order valence-electron chi connectivity index (χ3n) is 6.97. The molecule has 2 bridgehead atoms. The second-order valence-electron chi connectivity index (χ2n) is 10.5. The number of anilines is 3. The summed E-state index contributed by atoms with van der Waals surface area (Å²) >= 11 is 6.54. The van der Waals surface area contributed by atoms with E-state index < -0.39 is 24.5 Å². The minimum absolute atomic E-state index is 0.155. The fourth-order valence-corrected chi connectivity index (χ4v) is 5.47. The van der Waals surface area contributed by atoms with Gasteiger partial charge in [-0.3, -0.25) is 9.58 Å². The smallest absolute Gasteiger partial charge is 0.408 e. The molecule has 3 aromatic rings. The lowest BCUT2D eigenvalue weighted by Crippen LogP contribution is -2.48. The van der Waals surface area contributed by atoms with Crippen molar-refractivity contribution >= 4 is 34.8 Å². The molecule has 3 aliphatic heterocycles. The molecule has 0 aliphatic carbocycles. The second-order valence-corrected chi connectivity index (χ2v) is 10.9. The third kappa shape index (κ3) is 5.90. The molecule has 0 spiro atoms. The number of halogens is 4. The van der Waals surface area contributed by atoms with Crippen molar-refractivity contribution < 1.29 is 32.2 Å². The summed E-state index contributed by atoms with van der Waals surface area (Å²) in [5, 5.41) is 6.95. The van der Waals surface area contributed by atoms with Gasteiger partial charge in [0.2, 0.25) is 5.88 Å². The molecule has 1 N–H and O–H groups in total. The summed E-state index contributed by atoms with van der Waals surface area (Å²) < 4.78 is 56.4. The largest absolute Gasteiger partial charge is 0.475 e. The molecule has 2 fully saturated rings. The van der Waals surface area contributed by atoms with Crippen LogP contribution in [0.15, 0.2) is 36.8 Å². The van der Waals surface area contributed by atoms with Crippen LogP contribution in [-0.2, 0) is 16.0 Å². The zero-order valence-corrected chi connectivity index (χ0v) is 22.9. The quantitative estimate of drug-likeness (QED) is 0.438. The summed E-state index contributed by atoms with van der Waals surface area (Å²) in [6.45, 7) is 4.37. The van der Waals surface area contributed by atoms with Gasteiger partial charge < -0.3 is 24.4 Å². The van der Waals surface area contributed by atoms with Crippen molar-refractivity contribution in [1.82, 2.24) is 19.7 Å². The molecule has 218 valence electrons. The average Bonchev–Trinajstić information content (AvgIpc) is 3.61. The molecule has 3 aliphatic rings. The second kappa shape index (κ2) is 10.3. The van der Waals surface area contributed by atoms with E-state index in [4.69, 9.17) is 25.8 Å². The number of nitrogens with zero attached hydrogens (tertiary/aromatic N) is 6. The summed E-state index contributed by atoms with van der Waals surface area (Å²) in [7, 11) is 0. The summed E-state index contributed by atoms with van der Waals surface area (Å²) in [5.74, 6) is 0.00970. The molecule has 0 unspecified atom stereocenters. The fourth-order valence-electron chi connectivity index (χ4n) is 5.22. The van der Waals surface area contributed by atoms with Crippen LogP contribution in [0.5, 0.6) is 5.88 Å². The fraction of sp³-hybridized carbons (Fsp3) is 0.462. The molecule has 15 heteroatoms. The Labute approximate surface area is 238 Å². The van der Waals surface area contributed by atoms with Crippen LogP contribution in [-0.4, -0.2) is 76.2 Å². The van der Waals surface area contributed by atoms with Gasteiger partial charge >= 0.3 is 12.2 Å². The van der Waals surface area contributed by atoms with Gasteiger partial charge in [-0.2, -0.15) is 18.3 Å². The first-order chi connectivity index (χ1) is 19.4. The first-order valence-electron chi connectivity index (χ1n) is 13.0. The number of aromatic nitrogens is 4. The van der Waals surface area contributed by atoms with Gasteiger partial charge in [0.05, 0.1) is 35.2 Å². The highest BCUT2D eigenvalue weighted by Crippen LogP contribution is 2.43. The van der Waals surface area contributed by atoms with Crippen molar-refractivity contribution in [3.05, 3.63) is 41.8 Å². The predicted molar refractivity (Wildman–Crippen MR) is 143 cm³/mol. The van der Waals surface area contributed by atoms with Crippen LogP contribution in [0.2, 0.25) is 5.02 Å². The minimum atomic E-state index is -4.43. The Morgan fingerprint density at radius 3 is 2.90 bits per heavy atom. The Morgan fingerprint density at radius 2 is 2.15 bits per heavy atom. The number of amides is 2. The zero-order chi connectivity index (χ0) is 28.9. The molecule has 2 amide bonds. The molecule has 0 aromatic carbocycles. The first-order valence-corrected chi connectivity index (χ1v) is 13.4. The molecule has 6 rings (SSSR count). The topological polar surface area (TPSA) is 107 Å². The van der Waals surface area contributed by atoms with Crippen LogP contribution in [0.25, 0.3) is 11.3 Å². The minimum Gasteiger partial charge on any atom is -0.475 e. The maximum absolute atomic E-state index is 13.6. The molecule has 2 atom stereocenters. The highest BCUT2D eigenvalue weighted by atomic mass is 35.5. The standard InChI is InChI=1S/C26H27ClF3N7O4/c1-25(2)40-13-18(41-25)12-39-21-7-16(3-5-31-21)33-24(38)37-17-4-6-35(11-17)20-8-19(27)22(34-23(20)37)15-9-32-36(10-15)14-26(28,29)30/h3,5,7-10,17-18H,4,6,11-14H2,1-2H3,(H,31,33,38)/t17-,18-/m0/s1. The molecular weight excluding hydrogens is 567 g/mol. The van der Waals surface area contributed by atoms with Crippen molar-refractivity contribution in [2.75, 3.05) is 41.4 Å². The lowest BCUT2D eigenvalue weighted by Gasteiger charge is -2.36. The molecule has 3 aromatic heterocycles. The van der Waals surface area contributed by atoms with Crippen LogP contribution in [0, 0.1) is 0 Å². The number of alkyl halides is 3. The molecule has 2 saturated heterocycles. The number of carbonyl (C=O) groups excluding carboxylic acids is 1. The van der Waals surface area contributed by atoms with E-state index in [-0.39, 0.29) is 29.5 Å². The van der Waals surface area contributed by atoms with E-state index in [1.54, 1.807) is 23.1 Å². The lowest BCUT2D eigenvalue weighted by atomic mass is 10.1. The number of hydrogen-bond acceptors (Lipinski definition) is 8. The van der Waals surface area contributed by atoms with Crippen LogP contribution < -0.4 is 19.9 Å². The van der Waals surface area contributed by atoms with Crippen molar-refractivity contribution in [3.8, 4) is 17.1 Å². The van der Waals surface area contributed by atoms with E-state index in [2.05, 4.69) is 25.3 Å². The average molecular weight is 594 g/mol. The summed E-state index contributed by atoms with van der Waals surface area (Å²) in [6.07, 6.45) is 0.0789. The van der Waals surface area contributed by atoms with E-state index in [9.17, 15) is 18.0 Å². The third-order valence-corrected chi connectivity index (χ3v) is 7.26. The normalized spacial score (nSPS) is 21.2. The number of pyridine rings is 2. The summed E-state index contributed by atoms with van der Waals surface area (Å²) in [6, 6.07) is 4.37. The van der Waals surface area contributed by atoms with Crippen molar-refractivity contribution in [1.29, 1.82) is 0 Å². The highest BCUT2D eigenvalue weighted by Gasteiger charge is 2.41. The van der Waals surface area contributed by atoms with Gasteiger partial charge in [-0.25, -0.2) is 14.8 Å². The van der Waals surface area contributed by atoms with E-state index in [0.717, 1.165) is 4.68 Å². The molecule has 0 radical (unpaired) electrons. The van der Waals surface area contributed by atoms with Crippen molar-refractivity contribution in [2.24, 2.45) is 0 Å². The van der Waals surface area contributed by atoms with Gasteiger partial charge in [0.15, 0.2) is 11.6 Å². The van der Waals surface area contributed by atoms with Crippen LogP contribution >= 0.6 is 11.6 Å². The number of hydrogen-bond donors (Lipinski definition) is 1. The lowest BCUT2D eigenvalue weighted by molar-refractivity contribution is -0.142. The van der Waals surface area contributed by atoms with Gasteiger partial charge in [0.25, 0.3) is 0 Å². The Morgan fingerprint density at radius 1 is 1.32 bits per heavy atom. The number of ether oxygens (including phenoxy) is 3. The van der Waals surface area contributed by atoms with Gasteiger partial charge in [-0.15, -0.1) is 0 Å². The first kappa shape index (κ1) is 27.5. The SMILES string of the molecule is CC1(C)OC[C@H](COc2cc(NC(=O)N3c4nc(-c5cnn(CC(F)(F)F)c5)c(Cl)cc4N4CC[C@H]3C4)ccn2)O1. The maximum atomic E-state index is 13.6. The molecule has 6 heterocycles. The Balaban J connectivity index is 1.22. The molecule has 11 nitrogen and oxygen atoms in total. The van der Waals surface area contributed by atoms with E-state index >= 15 is 0 Å². The molecule has 41 heavy (non-hydrogen) atoms. The van der Waals surface area contributed by atoms with Crippen LogP contribution in [0.4, 0.5) is 35.2 Å². The van der Waals surface area contributed by atoms with Crippen LogP contribution in [0.3, 0.4) is 0 Å². The number of rotatable bonds is 6. The van der Waals surface area contributed by atoms with Crippen LogP contribution in [0.1, 0.15) is 20.3 Å². The highest BCUT2D eigenvalue weighted by molar-refractivity contribution is 6.33. The van der Waals surface area contributed by atoms with Gasteiger partial charge in [-0.1, -0.05) is 11.6 Å². The molecule has 0 saturated carbocycles. The van der Waals surface area contributed by atoms with Gasteiger partial charge in [0.1, 0.15) is 19.3 Å². The Hall–Kier alpha value is -3.62. The Kier molecular flexibility index (Phi) is 6.94. The van der Waals surface area contributed by atoms with E-state index in [1.807, 2.05) is 13.8 Å². The number of carbonyl (C=O) groups is 1. The summed E-state index contributed by atoms with van der Waals surface area (Å²) in [5.41, 5.74) is 1.69. The number of urea groups is 1. The van der Waals surface area contributed by atoms with Gasteiger partial charge in [0, 0.05) is 42.8 Å². The van der Waals surface area contributed by atoms with E-state index in [0.29, 0.717) is 54.8 Å². The molecular formula is C26H27ClF3N7O4. The monoisotopic (exact) mass is 593 g/mol. The van der Waals surface area contributed by atoms with E-state index in [1.165, 1.54) is 18.6 Å². The number of fused-ring (bicyclic) bond motifs is 4. The zero-order valence-electron chi connectivity index (χ0n) is 22.2. The maximum Gasteiger partial charge on any atom is 0.408 e. The predicted octanol–water partition coefficient (Wildman–Crippen LogP) is 4.72. The van der Waals surface area contributed by atoms with Crippen molar-refractivity contribution in [2.45, 2.75) is 50.9 Å². The Bertz CT molecular complexity index is 1470. The van der Waals surface area contributed by atoms with Gasteiger partial charge in [-0.05, 0) is 32.4 Å².